The molecule has 8 nitrogen and oxygen atoms in total. The number of nitriles is 1. The Hall–Kier alpha value is -2.76. The van der Waals surface area contributed by atoms with Gasteiger partial charge < -0.3 is 20.9 Å². The second kappa shape index (κ2) is 10.0. The minimum atomic E-state index is -0.878. The monoisotopic (exact) mass is 491 g/mol. The summed E-state index contributed by atoms with van der Waals surface area (Å²) in [5.74, 6) is -1.37. The maximum absolute atomic E-state index is 13.1. The highest BCUT2D eigenvalue weighted by molar-refractivity contribution is 6.38. The molecule has 2 aromatic rings. The molecular weight excluding hydrogens is 465 g/mol. The van der Waals surface area contributed by atoms with Crippen molar-refractivity contribution in [2.75, 3.05) is 6.54 Å². The van der Waals surface area contributed by atoms with Crippen molar-refractivity contribution in [2.45, 2.75) is 52.1 Å². The number of nitrogens with one attached hydrogen (secondary N) is 4. The number of carbonyl (C=O) groups excluding carboxylic acids is 3. The SMILES string of the molecule is CC(C)(C)C[C@H](NC(=O)c1cc2cc(Cl)cc(Cl)c2[nH]1)C(=O)N[C@H](C#N)C[C@@H]1CCNC1=O. The first-order chi connectivity index (χ1) is 15.5. The van der Waals surface area contributed by atoms with Crippen LogP contribution >= 0.6 is 23.2 Å². The van der Waals surface area contributed by atoms with Crippen LogP contribution in [0.5, 0.6) is 0 Å². The standard InChI is InChI=1S/C23H27Cl2N5O3/c1-23(2,3)10-18(22(33)28-15(11-26)7-12-4-5-27-20(12)31)30-21(32)17-8-13-6-14(24)9-16(25)19(13)29-17/h6,8-9,12,15,18,29H,4-5,7,10H2,1-3H3,(H,27,31)(H,28,33)(H,30,32)/t12-,15-,18-/m0/s1. The first-order valence-corrected chi connectivity index (χ1v) is 11.5. The largest absolute Gasteiger partial charge is 0.356 e. The Morgan fingerprint density at radius 3 is 2.58 bits per heavy atom. The molecule has 2 heterocycles. The Bertz CT molecular complexity index is 1120. The van der Waals surface area contributed by atoms with Crippen LogP contribution in [0.1, 0.15) is 50.5 Å². The van der Waals surface area contributed by atoms with Gasteiger partial charge in [-0.05, 0) is 42.9 Å². The smallest absolute Gasteiger partial charge is 0.268 e. The minimum absolute atomic E-state index is 0.110. The highest BCUT2D eigenvalue weighted by Gasteiger charge is 2.32. The molecule has 0 aliphatic carbocycles. The van der Waals surface area contributed by atoms with E-state index in [2.05, 4.69) is 27.0 Å². The van der Waals surface area contributed by atoms with E-state index in [-0.39, 0.29) is 29.4 Å². The summed E-state index contributed by atoms with van der Waals surface area (Å²) in [5, 5.41) is 19.2. The second-order valence-electron chi connectivity index (χ2n) is 9.53. The van der Waals surface area contributed by atoms with Gasteiger partial charge in [0.05, 0.1) is 16.6 Å². The summed E-state index contributed by atoms with van der Waals surface area (Å²) in [4.78, 5) is 40.8. The molecule has 1 aromatic heterocycles. The molecule has 3 atom stereocenters. The third kappa shape index (κ3) is 6.40. The topological polar surface area (TPSA) is 127 Å². The van der Waals surface area contributed by atoms with Crippen molar-refractivity contribution in [3.05, 3.63) is 33.9 Å². The van der Waals surface area contributed by atoms with E-state index in [1.165, 1.54) is 0 Å². The molecule has 0 bridgehead atoms. The van der Waals surface area contributed by atoms with E-state index in [4.69, 9.17) is 23.2 Å². The average Bonchev–Trinajstić information content (AvgIpc) is 3.32. The Morgan fingerprint density at radius 2 is 1.97 bits per heavy atom. The molecule has 33 heavy (non-hydrogen) atoms. The number of fused-ring (bicyclic) bond motifs is 1. The predicted molar refractivity (Wildman–Crippen MR) is 127 cm³/mol. The lowest BCUT2D eigenvalue weighted by molar-refractivity contribution is -0.125. The molecule has 10 heteroatoms. The number of carbonyl (C=O) groups is 3. The van der Waals surface area contributed by atoms with Crippen LogP contribution in [0, 0.1) is 22.7 Å². The first-order valence-electron chi connectivity index (χ1n) is 10.7. The van der Waals surface area contributed by atoms with Gasteiger partial charge in [0.2, 0.25) is 11.8 Å². The van der Waals surface area contributed by atoms with E-state index in [0.29, 0.717) is 40.3 Å². The number of nitrogens with zero attached hydrogens (tertiary/aromatic N) is 1. The highest BCUT2D eigenvalue weighted by atomic mass is 35.5. The van der Waals surface area contributed by atoms with E-state index >= 15 is 0 Å². The van der Waals surface area contributed by atoms with Gasteiger partial charge in [-0.25, -0.2) is 0 Å². The fourth-order valence-electron chi connectivity index (χ4n) is 3.92. The number of amides is 3. The van der Waals surface area contributed by atoms with Crippen LogP contribution in [0.15, 0.2) is 18.2 Å². The quantitative estimate of drug-likeness (QED) is 0.472. The summed E-state index contributed by atoms with van der Waals surface area (Å²) in [6.07, 6.45) is 1.20. The molecule has 1 saturated heterocycles. The average molecular weight is 492 g/mol. The first kappa shape index (κ1) is 24.9. The van der Waals surface area contributed by atoms with Gasteiger partial charge in [0, 0.05) is 22.9 Å². The Balaban J connectivity index is 1.75. The van der Waals surface area contributed by atoms with Crippen molar-refractivity contribution in [3.63, 3.8) is 0 Å². The molecule has 176 valence electrons. The molecule has 0 radical (unpaired) electrons. The predicted octanol–water partition coefficient (Wildman–Crippen LogP) is 3.54. The molecule has 0 spiro atoms. The molecule has 3 rings (SSSR count). The van der Waals surface area contributed by atoms with Crippen LogP contribution in [-0.2, 0) is 9.59 Å². The number of hydrogen-bond acceptors (Lipinski definition) is 4. The molecule has 1 aliphatic rings. The summed E-state index contributed by atoms with van der Waals surface area (Å²) in [7, 11) is 0. The van der Waals surface area contributed by atoms with Crippen LogP contribution in [0.25, 0.3) is 10.9 Å². The van der Waals surface area contributed by atoms with E-state index in [9.17, 15) is 19.6 Å². The number of aromatic amines is 1. The molecule has 4 N–H and O–H groups in total. The van der Waals surface area contributed by atoms with Crippen LogP contribution < -0.4 is 16.0 Å². The molecule has 3 amide bonds. The number of H-pyrrole nitrogens is 1. The van der Waals surface area contributed by atoms with Gasteiger partial charge in [0.15, 0.2) is 0 Å². The fraction of sp³-hybridized carbons (Fsp3) is 0.478. The lowest BCUT2D eigenvalue weighted by Gasteiger charge is -2.27. The maximum atomic E-state index is 13.1. The number of hydrogen-bond donors (Lipinski definition) is 4. The summed E-state index contributed by atoms with van der Waals surface area (Å²) >= 11 is 12.2. The summed E-state index contributed by atoms with van der Waals surface area (Å²) < 4.78 is 0. The van der Waals surface area contributed by atoms with Gasteiger partial charge in [0.25, 0.3) is 5.91 Å². The van der Waals surface area contributed by atoms with E-state index in [0.717, 1.165) is 0 Å². The lowest BCUT2D eigenvalue weighted by Crippen LogP contribution is -2.51. The zero-order valence-corrected chi connectivity index (χ0v) is 20.2. The van der Waals surface area contributed by atoms with Crippen LogP contribution in [-0.4, -0.2) is 41.3 Å². The van der Waals surface area contributed by atoms with Crippen molar-refractivity contribution >= 4 is 51.8 Å². The summed E-state index contributed by atoms with van der Waals surface area (Å²) in [6.45, 7) is 6.43. The van der Waals surface area contributed by atoms with Crippen molar-refractivity contribution in [3.8, 4) is 6.07 Å². The Labute approximate surface area is 202 Å². The third-order valence-electron chi connectivity index (χ3n) is 5.48. The van der Waals surface area contributed by atoms with Gasteiger partial charge in [-0.15, -0.1) is 0 Å². The Kier molecular flexibility index (Phi) is 7.55. The van der Waals surface area contributed by atoms with Crippen LogP contribution in [0.4, 0.5) is 0 Å². The van der Waals surface area contributed by atoms with Gasteiger partial charge in [-0.3, -0.25) is 14.4 Å². The molecule has 0 saturated carbocycles. The number of benzene rings is 1. The van der Waals surface area contributed by atoms with Gasteiger partial charge in [-0.1, -0.05) is 44.0 Å². The number of aromatic nitrogens is 1. The Morgan fingerprint density at radius 1 is 1.24 bits per heavy atom. The number of rotatable bonds is 7. The van der Waals surface area contributed by atoms with Gasteiger partial charge in [0.1, 0.15) is 17.8 Å². The molecular formula is C23H27Cl2N5O3. The van der Waals surface area contributed by atoms with E-state index in [1.54, 1.807) is 18.2 Å². The summed E-state index contributed by atoms with van der Waals surface area (Å²) in [5.41, 5.74) is 0.530. The van der Waals surface area contributed by atoms with Crippen molar-refractivity contribution < 1.29 is 14.4 Å². The molecule has 1 aromatic carbocycles. The lowest BCUT2D eigenvalue weighted by atomic mass is 9.87. The summed E-state index contributed by atoms with van der Waals surface area (Å²) in [6, 6.07) is 5.22. The zero-order chi connectivity index (χ0) is 24.3. The second-order valence-corrected chi connectivity index (χ2v) is 10.4. The van der Waals surface area contributed by atoms with Crippen molar-refractivity contribution in [2.24, 2.45) is 11.3 Å². The van der Waals surface area contributed by atoms with Crippen molar-refractivity contribution in [1.82, 2.24) is 20.9 Å². The zero-order valence-electron chi connectivity index (χ0n) is 18.7. The van der Waals surface area contributed by atoms with Crippen LogP contribution in [0.2, 0.25) is 10.0 Å². The van der Waals surface area contributed by atoms with Crippen LogP contribution in [0.3, 0.4) is 0 Å². The molecule has 1 fully saturated rings. The van der Waals surface area contributed by atoms with E-state index in [1.807, 2.05) is 20.8 Å². The van der Waals surface area contributed by atoms with Gasteiger partial charge >= 0.3 is 0 Å². The van der Waals surface area contributed by atoms with E-state index < -0.39 is 23.9 Å². The maximum Gasteiger partial charge on any atom is 0.268 e. The fourth-order valence-corrected chi connectivity index (χ4v) is 4.47. The minimum Gasteiger partial charge on any atom is -0.356 e. The molecule has 1 aliphatic heterocycles. The normalized spacial score (nSPS) is 17.8. The third-order valence-corrected chi connectivity index (χ3v) is 6.00. The highest BCUT2D eigenvalue weighted by Crippen LogP contribution is 2.28. The number of halogens is 2. The van der Waals surface area contributed by atoms with Crippen molar-refractivity contribution in [1.29, 1.82) is 5.26 Å². The molecule has 0 unspecified atom stereocenters. The van der Waals surface area contributed by atoms with Gasteiger partial charge in [-0.2, -0.15) is 5.26 Å².